The van der Waals surface area contributed by atoms with Crippen molar-refractivity contribution in [3.05, 3.63) is 70.3 Å². The molecule has 1 aliphatic carbocycles. The van der Waals surface area contributed by atoms with E-state index < -0.39 is 6.04 Å². The summed E-state index contributed by atoms with van der Waals surface area (Å²) < 4.78 is 0. The molecule has 2 rings (SSSR count). The fourth-order valence-electron chi connectivity index (χ4n) is 1.78. The first-order valence-corrected chi connectivity index (χ1v) is 4.82. The molecule has 0 heterocycles. The molecule has 2 unspecified atom stereocenters. The summed E-state index contributed by atoms with van der Waals surface area (Å²) in [7, 11) is 0. The van der Waals surface area contributed by atoms with E-state index in [4.69, 9.17) is 0 Å². The molecular formula is C12H11NO2. The smallest absolute Gasteiger partial charge is 0.241 e. The molecule has 0 fully saturated rings. The van der Waals surface area contributed by atoms with Crippen molar-refractivity contribution in [1.29, 1.82) is 0 Å². The molecule has 2 atom stereocenters. The van der Waals surface area contributed by atoms with E-state index in [1.165, 1.54) is 0 Å². The van der Waals surface area contributed by atoms with E-state index in [0.717, 1.165) is 5.56 Å². The Labute approximate surface area is 87.9 Å². The van der Waals surface area contributed by atoms with E-state index in [2.05, 4.69) is 0 Å². The summed E-state index contributed by atoms with van der Waals surface area (Å²) in [6, 6.07) is 8.91. The summed E-state index contributed by atoms with van der Waals surface area (Å²) in [5, 5.41) is 10.9. The zero-order valence-electron chi connectivity index (χ0n) is 8.11. The first-order chi connectivity index (χ1) is 7.29. The van der Waals surface area contributed by atoms with Gasteiger partial charge in [0.25, 0.3) is 0 Å². The van der Waals surface area contributed by atoms with E-state index >= 15 is 0 Å². The van der Waals surface area contributed by atoms with Gasteiger partial charge in [-0.1, -0.05) is 48.6 Å². The number of benzene rings is 1. The topological polar surface area (TPSA) is 43.1 Å². The molecule has 0 N–H and O–H groups in total. The highest BCUT2D eigenvalue weighted by Gasteiger charge is 2.29. The molecule has 0 amide bonds. The molecule has 1 aromatic rings. The van der Waals surface area contributed by atoms with Crippen molar-refractivity contribution in [2.24, 2.45) is 0 Å². The largest absolute Gasteiger partial charge is 0.264 e. The molecule has 3 heteroatoms. The second kappa shape index (κ2) is 4.09. The van der Waals surface area contributed by atoms with Gasteiger partial charge in [-0.3, -0.25) is 10.1 Å². The van der Waals surface area contributed by atoms with Crippen LogP contribution in [0.4, 0.5) is 0 Å². The third-order valence-electron chi connectivity index (χ3n) is 2.53. The van der Waals surface area contributed by atoms with Crippen LogP contribution in [0.15, 0.2) is 54.6 Å². The van der Waals surface area contributed by atoms with Gasteiger partial charge in [0, 0.05) is 4.92 Å². The van der Waals surface area contributed by atoms with Gasteiger partial charge in [0.2, 0.25) is 6.04 Å². The zero-order chi connectivity index (χ0) is 10.7. The third kappa shape index (κ3) is 1.96. The summed E-state index contributed by atoms with van der Waals surface area (Å²) in [6.07, 6.45) is 7.10. The maximum Gasteiger partial charge on any atom is 0.241 e. The van der Waals surface area contributed by atoms with Crippen LogP contribution in [0.5, 0.6) is 0 Å². The molecule has 1 aliphatic rings. The van der Waals surface area contributed by atoms with Gasteiger partial charge in [0.15, 0.2) is 0 Å². The summed E-state index contributed by atoms with van der Waals surface area (Å²) in [5.74, 6) is -0.147. The van der Waals surface area contributed by atoms with E-state index in [-0.39, 0.29) is 10.8 Å². The molecule has 0 bridgehead atoms. The predicted molar refractivity (Wildman–Crippen MR) is 58.2 cm³/mol. The van der Waals surface area contributed by atoms with Crippen LogP contribution >= 0.6 is 0 Å². The molecule has 3 nitrogen and oxygen atoms in total. The first kappa shape index (κ1) is 9.65. The lowest BCUT2D eigenvalue weighted by molar-refractivity contribution is -0.511. The van der Waals surface area contributed by atoms with E-state index in [1.807, 2.05) is 42.5 Å². The van der Waals surface area contributed by atoms with Crippen molar-refractivity contribution < 1.29 is 4.92 Å². The minimum atomic E-state index is -0.641. The zero-order valence-corrected chi connectivity index (χ0v) is 8.11. The van der Waals surface area contributed by atoms with Gasteiger partial charge in [-0.05, 0) is 11.6 Å². The van der Waals surface area contributed by atoms with Gasteiger partial charge in [-0.2, -0.15) is 0 Å². The molecule has 0 aliphatic heterocycles. The van der Waals surface area contributed by atoms with Crippen molar-refractivity contribution in [3.8, 4) is 0 Å². The van der Waals surface area contributed by atoms with Gasteiger partial charge in [-0.25, -0.2) is 0 Å². The van der Waals surface area contributed by atoms with Crippen molar-refractivity contribution >= 4 is 0 Å². The molecule has 76 valence electrons. The van der Waals surface area contributed by atoms with Crippen LogP contribution in [-0.4, -0.2) is 11.0 Å². The Kier molecular flexibility index (Phi) is 2.63. The lowest BCUT2D eigenvalue weighted by atomic mass is 9.89. The Hall–Kier alpha value is -1.90. The highest BCUT2D eigenvalue weighted by Crippen LogP contribution is 2.26. The molecule has 0 saturated carbocycles. The second-order valence-corrected chi connectivity index (χ2v) is 3.48. The minimum absolute atomic E-state index is 0.147. The number of nitrogens with zero attached hydrogens (tertiary/aromatic N) is 1. The highest BCUT2D eigenvalue weighted by molar-refractivity contribution is 5.31. The number of hydrogen-bond donors (Lipinski definition) is 0. The van der Waals surface area contributed by atoms with Crippen LogP contribution in [-0.2, 0) is 0 Å². The van der Waals surface area contributed by atoms with Crippen LogP contribution in [0, 0.1) is 10.1 Å². The quantitative estimate of drug-likeness (QED) is 0.545. The Morgan fingerprint density at radius 2 is 1.73 bits per heavy atom. The SMILES string of the molecule is O=[N+]([O-])C1C=CC=CC1c1ccccc1. The van der Waals surface area contributed by atoms with Gasteiger partial charge < -0.3 is 0 Å². The van der Waals surface area contributed by atoms with Crippen LogP contribution in [0.1, 0.15) is 11.5 Å². The van der Waals surface area contributed by atoms with Crippen LogP contribution in [0.2, 0.25) is 0 Å². The van der Waals surface area contributed by atoms with E-state index in [0.29, 0.717) is 0 Å². The third-order valence-corrected chi connectivity index (χ3v) is 2.53. The Morgan fingerprint density at radius 3 is 2.40 bits per heavy atom. The first-order valence-electron chi connectivity index (χ1n) is 4.82. The number of hydrogen-bond acceptors (Lipinski definition) is 2. The molecule has 0 saturated heterocycles. The Morgan fingerprint density at radius 1 is 1.07 bits per heavy atom. The molecule has 0 spiro atoms. The Bertz CT molecular complexity index is 409. The fraction of sp³-hybridized carbons (Fsp3) is 0.167. The molecule has 15 heavy (non-hydrogen) atoms. The number of nitro groups is 1. The van der Waals surface area contributed by atoms with Crippen molar-refractivity contribution in [2.45, 2.75) is 12.0 Å². The summed E-state index contributed by atoms with van der Waals surface area (Å²) in [5.41, 5.74) is 0.986. The minimum Gasteiger partial charge on any atom is -0.264 e. The summed E-state index contributed by atoms with van der Waals surface area (Å²) in [6.45, 7) is 0. The van der Waals surface area contributed by atoms with Crippen LogP contribution < -0.4 is 0 Å². The average molecular weight is 201 g/mol. The van der Waals surface area contributed by atoms with Crippen LogP contribution in [0.25, 0.3) is 0 Å². The molecule has 0 aromatic heterocycles. The monoisotopic (exact) mass is 201 g/mol. The normalized spacial score (nSPS) is 24.0. The lowest BCUT2D eigenvalue weighted by Crippen LogP contribution is -2.25. The average Bonchev–Trinajstić information content (AvgIpc) is 2.30. The maximum absolute atomic E-state index is 10.9. The van der Waals surface area contributed by atoms with Gasteiger partial charge in [0.05, 0.1) is 5.92 Å². The Balaban J connectivity index is 2.32. The van der Waals surface area contributed by atoms with E-state index in [9.17, 15) is 10.1 Å². The van der Waals surface area contributed by atoms with Crippen molar-refractivity contribution in [2.75, 3.05) is 0 Å². The van der Waals surface area contributed by atoms with Crippen molar-refractivity contribution in [1.82, 2.24) is 0 Å². The molecule has 1 aromatic carbocycles. The van der Waals surface area contributed by atoms with Gasteiger partial charge >= 0.3 is 0 Å². The van der Waals surface area contributed by atoms with E-state index in [1.54, 1.807) is 12.2 Å². The summed E-state index contributed by atoms with van der Waals surface area (Å²) in [4.78, 5) is 10.6. The molecule has 0 radical (unpaired) electrons. The van der Waals surface area contributed by atoms with Gasteiger partial charge in [-0.15, -0.1) is 0 Å². The lowest BCUT2D eigenvalue weighted by Gasteiger charge is -2.17. The van der Waals surface area contributed by atoms with Crippen LogP contribution in [0.3, 0.4) is 0 Å². The number of rotatable bonds is 2. The standard InChI is InChI=1S/C12H11NO2/c14-13(15)12-9-5-4-8-11(12)10-6-2-1-3-7-10/h1-9,11-12H. The van der Waals surface area contributed by atoms with Gasteiger partial charge in [0.1, 0.15) is 0 Å². The second-order valence-electron chi connectivity index (χ2n) is 3.48. The summed E-state index contributed by atoms with van der Waals surface area (Å²) >= 11 is 0. The predicted octanol–water partition coefficient (Wildman–Crippen LogP) is 2.54. The molecular weight excluding hydrogens is 190 g/mol. The fourth-order valence-corrected chi connectivity index (χ4v) is 1.78. The number of allylic oxidation sites excluding steroid dienone is 2. The highest BCUT2D eigenvalue weighted by atomic mass is 16.6. The maximum atomic E-state index is 10.9. The van der Waals surface area contributed by atoms with Crippen molar-refractivity contribution in [3.63, 3.8) is 0 Å².